The van der Waals surface area contributed by atoms with Crippen LogP contribution in [0, 0.1) is 12.3 Å². The van der Waals surface area contributed by atoms with Crippen LogP contribution in [0.25, 0.3) is 0 Å². The predicted molar refractivity (Wildman–Crippen MR) is 89.1 cm³/mol. The first-order valence-corrected chi connectivity index (χ1v) is 7.80. The highest BCUT2D eigenvalue weighted by molar-refractivity contribution is 5.66. The summed E-state index contributed by atoms with van der Waals surface area (Å²) in [5, 5.41) is 0. The second-order valence-electron chi connectivity index (χ2n) is 5.40. The highest BCUT2D eigenvalue weighted by Crippen LogP contribution is 2.24. The molecule has 2 unspecified atom stereocenters. The summed E-state index contributed by atoms with van der Waals surface area (Å²) in [5.74, 6) is 1.65. The van der Waals surface area contributed by atoms with Crippen molar-refractivity contribution in [2.45, 2.75) is 38.4 Å². The lowest BCUT2D eigenvalue weighted by atomic mass is 10.1. The smallest absolute Gasteiger partial charge is 0.303 e. The van der Waals surface area contributed by atoms with E-state index in [4.69, 9.17) is 25.4 Å². The van der Waals surface area contributed by atoms with Gasteiger partial charge in [-0.25, -0.2) is 0 Å². The Morgan fingerprint density at radius 2 is 1.92 bits per heavy atom. The van der Waals surface area contributed by atoms with E-state index in [0.29, 0.717) is 0 Å². The zero-order valence-electron chi connectivity index (χ0n) is 14.1. The van der Waals surface area contributed by atoms with Crippen molar-refractivity contribution < 1.29 is 28.5 Å². The van der Waals surface area contributed by atoms with E-state index in [-0.39, 0.29) is 6.61 Å². The molecule has 1 heterocycles. The van der Waals surface area contributed by atoms with Crippen LogP contribution in [0.3, 0.4) is 0 Å². The molecular formula is C19H20O6. The third-order valence-corrected chi connectivity index (χ3v) is 3.41. The molecule has 0 spiro atoms. The minimum Gasteiger partial charge on any atom is -0.463 e. The van der Waals surface area contributed by atoms with Gasteiger partial charge in [0.2, 0.25) is 0 Å². The van der Waals surface area contributed by atoms with Crippen molar-refractivity contribution in [2.24, 2.45) is 0 Å². The number of hydrogen-bond acceptors (Lipinski definition) is 6. The second-order valence-corrected chi connectivity index (χ2v) is 5.40. The Morgan fingerprint density at radius 1 is 1.20 bits per heavy atom. The summed E-state index contributed by atoms with van der Waals surface area (Å²) in [7, 11) is 0. The number of terminal acetylenes is 1. The van der Waals surface area contributed by atoms with Gasteiger partial charge in [0, 0.05) is 13.8 Å². The Labute approximate surface area is 146 Å². The zero-order chi connectivity index (χ0) is 18.2. The van der Waals surface area contributed by atoms with Gasteiger partial charge >= 0.3 is 11.9 Å². The Hall–Kier alpha value is -2.62. The summed E-state index contributed by atoms with van der Waals surface area (Å²) in [6, 6.07) is 9.32. The molecule has 1 aromatic carbocycles. The fourth-order valence-corrected chi connectivity index (χ4v) is 2.31. The third-order valence-electron chi connectivity index (χ3n) is 3.41. The van der Waals surface area contributed by atoms with Crippen LogP contribution in [-0.4, -0.2) is 37.0 Å². The number of ether oxygens (including phenoxy) is 4. The minimum absolute atomic E-state index is 0.0659. The van der Waals surface area contributed by atoms with E-state index in [0.717, 1.165) is 5.56 Å². The summed E-state index contributed by atoms with van der Waals surface area (Å²) >= 11 is 0. The largest absolute Gasteiger partial charge is 0.463 e. The van der Waals surface area contributed by atoms with Crippen LogP contribution in [0.2, 0.25) is 0 Å². The summed E-state index contributed by atoms with van der Waals surface area (Å²) in [6.07, 6.45) is 6.10. The molecule has 1 aliphatic rings. The molecule has 1 aromatic rings. The quantitative estimate of drug-likeness (QED) is 0.447. The molecule has 6 nitrogen and oxygen atoms in total. The molecule has 0 N–H and O–H groups in total. The Balaban J connectivity index is 2.07. The van der Waals surface area contributed by atoms with Crippen molar-refractivity contribution in [3.05, 3.63) is 48.0 Å². The topological polar surface area (TPSA) is 71.1 Å². The standard InChI is InChI=1S/C19H20O6/c1-4-16(15-8-6-5-7-9-15)24-19-11-10-17(23-14(3)21)18(25-19)12-22-13(2)20/h1,5-11,16-19H,12H2,2-3H3/t16?,17-,18?,19-/m0/s1. The summed E-state index contributed by atoms with van der Waals surface area (Å²) in [5.41, 5.74) is 0.820. The number of esters is 2. The lowest BCUT2D eigenvalue weighted by molar-refractivity contribution is -0.204. The SMILES string of the molecule is C#CC(O[C@@H]1C=C[C@H](OC(C)=O)C(COC(C)=O)O1)c1ccccc1. The van der Waals surface area contributed by atoms with Crippen LogP contribution in [0.4, 0.5) is 0 Å². The van der Waals surface area contributed by atoms with Crippen LogP contribution in [0.15, 0.2) is 42.5 Å². The van der Waals surface area contributed by atoms with Crippen molar-refractivity contribution in [2.75, 3.05) is 6.61 Å². The first-order valence-electron chi connectivity index (χ1n) is 7.80. The molecule has 0 aromatic heterocycles. The van der Waals surface area contributed by atoms with Crippen molar-refractivity contribution in [1.29, 1.82) is 0 Å². The van der Waals surface area contributed by atoms with Crippen LogP contribution in [-0.2, 0) is 28.5 Å². The van der Waals surface area contributed by atoms with Gasteiger partial charge in [0.25, 0.3) is 0 Å². The highest BCUT2D eigenvalue weighted by Gasteiger charge is 2.32. The molecule has 0 bridgehead atoms. The third kappa shape index (κ3) is 5.75. The van der Waals surface area contributed by atoms with E-state index in [9.17, 15) is 9.59 Å². The molecule has 2 rings (SSSR count). The van der Waals surface area contributed by atoms with E-state index in [1.807, 2.05) is 30.3 Å². The molecule has 132 valence electrons. The van der Waals surface area contributed by atoms with Crippen molar-refractivity contribution in [1.82, 2.24) is 0 Å². The number of carbonyl (C=O) groups excluding carboxylic acids is 2. The van der Waals surface area contributed by atoms with Gasteiger partial charge in [-0.15, -0.1) is 6.42 Å². The van der Waals surface area contributed by atoms with Gasteiger partial charge in [0.15, 0.2) is 6.29 Å². The molecule has 0 amide bonds. The normalized spacial score (nSPS) is 23.3. The predicted octanol–water partition coefficient (Wildman–Crippen LogP) is 2.15. The van der Waals surface area contributed by atoms with Gasteiger partial charge in [0.05, 0.1) is 0 Å². The summed E-state index contributed by atoms with van der Waals surface area (Å²) in [6.45, 7) is 2.52. The molecule has 0 radical (unpaired) electrons. The molecule has 4 atom stereocenters. The van der Waals surface area contributed by atoms with Crippen LogP contribution in [0.1, 0.15) is 25.5 Å². The first kappa shape index (κ1) is 18.7. The Morgan fingerprint density at radius 3 is 2.52 bits per heavy atom. The summed E-state index contributed by atoms with van der Waals surface area (Å²) < 4.78 is 21.7. The number of hydrogen-bond donors (Lipinski definition) is 0. The summed E-state index contributed by atoms with van der Waals surface area (Å²) in [4.78, 5) is 22.3. The van der Waals surface area contributed by atoms with Crippen molar-refractivity contribution in [3.63, 3.8) is 0 Å². The maximum absolute atomic E-state index is 11.2. The molecule has 6 heteroatoms. The molecular weight excluding hydrogens is 324 g/mol. The van der Waals surface area contributed by atoms with Crippen LogP contribution in [0.5, 0.6) is 0 Å². The average molecular weight is 344 g/mol. The Bertz CT molecular complexity index is 660. The van der Waals surface area contributed by atoms with E-state index in [2.05, 4.69) is 5.92 Å². The maximum atomic E-state index is 11.2. The van der Waals surface area contributed by atoms with E-state index < -0.39 is 36.5 Å². The monoisotopic (exact) mass is 344 g/mol. The van der Waals surface area contributed by atoms with Crippen LogP contribution >= 0.6 is 0 Å². The molecule has 0 saturated heterocycles. The Kier molecular flexibility index (Phi) is 6.75. The van der Waals surface area contributed by atoms with Crippen LogP contribution < -0.4 is 0 Å². The fourth-order valence-electron chi connectivity index (χ4n) is 2.31. The van der Waals surface area contributed by atoms with Gasteiger partial charge in [-0.2, -0.15) is 0 Å². The van der Waals surface area contributed by atoms with Gasteiger partial charge < -0.3 is 18.9 Å². The second kappa shape index (κ2) is 9.02. The number of benzene rings is 1. The molecule has 1 aliphatic heterocycles. The molecule has 0 fully saturated rings. The van der Waals surface area contributed by atoms with E-state index in [1.54, 1.807) is 12.2 Å². The molecule has 0 aliphatic carbocycles. The van der Waals surface area contributed by atoms with Gasteiger partial charge in [0.1, 0.15) is 24.9 Å². The fraction of sp³-hybridized carbons (Fsp3) is 0.368. The van der Waals surface area contributed by atoms with Crippen molar-refractivity contribution >= 4 is 11.9 Å². The van der Waals surface area contributed by atoms with Crippen molar-refractivity contribution in [3.8, 4) is 12.3 Å². The maximum Gasteiger partial charge on any atom is 0.303 e. The lowest BCUT2D eigenvalue weighted by Crippen LogP contribution is -2.42. The average Bonchev–Trinajstić information content (AvgIpc) is 2.59. The number of carbonyl (C=O) groups is 2. The molecule has 25 heavy (non-hydrogen) atoms. The highest BCUT2D eigenvalue weighted by atomic mass is 16.7. The first-order chi connectivity index (χ1) is 12.0. The van der Waals surface area contributed by atoms with E-state index in [1.165, 1.54) is 13.8 Å². The zero-order valence-corrected chi connectivity index (χ0v) is 14.1. The van der Waals surface area contributed by atoms with Gasteiger partial charge in [-0.1, -0.05) is 36.3 Å². The van der Waals surface area contributed by atoms with Gasteiger partial charge in [-0.3, -0.25) is 9.59 Å². The van der Waals surface area contributed by atoms with E-state index >= 15 is 0 Å². The number of rotatable bonds is 6. The minimum atomic E-state index is -0.756. The lowest BCUT2D eigenvalue weighted by Gasteiger charge is -2.32. The van der Waals surface area contributed by atoms with Gasteiger partial charge in [-0.05, 0) is 17.7 Å². The molecule has 0 saturated carbocycles.